The summed E-state index contributed by atoms with van der Waals surface area (Å²) in [7, 11) is 0. The Bertz CT molecular complexity index is 1090. The highest BCUT2D eigenvalue weighted by atomic mass is 16.2. The van der Waals surface area contributed by atoms with Crippen LogP contribution in [-0.4, -0.2) is 23.3 Å². The second kappa shape index (κ2) is 6.89. The van der Waals surface area contributed by atoms with Crippen LogP contribution in [0.1, 0.15) is 41.3 Å². The van der Waals surface area contributed by atoms with Crippen LogP contribution in [0.5, 0.6) is 0 Å². The maximum absolute atomic E-state index is 13.4. The summed E-state index contributed by atoms with van der Waals surface area (Å²) in [5.74, 6) is -0.889. The highest BCUT2D eigenvalue weighted by molar-refractivity contribution is 6.41. The minimum absolute atomic E-state index is 0.166. The third-order valence-electron chi connectivity index (χ3n) is 6.14. The third-order valence-corrected chi connectivity index (χ3v) is 6.14. The van der Waals surface area contributed by atoms with Crippen LogP contribution >= 0.6 is 0 Å². The fourth-order valence-corrected chi connectivity index (χ4v) is 4.60. The molecule has 29 heavy (non-hydrogen) atoms. The number of amides is 2. The molecule has 2 aliphatic rings. The van der Waals surface area contributed by atoms with Gasteiger partial charge in [-0.15, -0.1) is 0 Å². The molecule has 5 rings (SSSR count). The van der Waals surface area contributed by atoms with Crippen LogP contribution in [0, 0.1) is 0 Å². The Hall–Kier alpha value is -3.40. The number of fused-ring (bicyclic) bond motifs is 5. The van der Waals surface area contributed by atoms with Gasteiger partial charge in [0, 0.05) is 12.2 Å². The molecule has 0 bridgehead atoms. The standard InChI is InChI=1S/C25H22N2O2/c1-17(18-9-3-2-4-10-18)26-16-23-21-13-7-5-11-19(21)15-20-12-6-8-14-22(20)27(23)25(29)24(26)28/h2-14,17,23H,15-16H2,1H3/t17-,23+/m0/s1. The van der Waals surface area contributed by atoms with Gasteiger partial charge in [-0.1, -0.05) is 72.8 Å². The van der Waals surface area contributed by atoms with Crippen LogP contribution in [-0.2, 0) is 16.0 Å². The minimum atomic E-state index is -0.451. The lowest BCUT2D eigenvalue weighted by Crippen LogP contribution is -2.56. The molecule has 144 valence electrons. The molecule has 2 amide bonds. The zero-order valence-electron chi connectivity index (χ0n) is 16.3. The number of hydrogen-bond acceptors (Lipinski definition) is 2. The summed E-state index contributed by atoms with van der Waals surface area (Å²) < 4.78 is 0. The average molecular weight is 382 g/mol. The van der Waals surface area contributed by atoms with E-state index < -0.39 is 11.8 Å². The van der Waals surface area contributed by atoms with Gasteiger partial charge in [0.15, 0.2) is 0 Å². The van der Waals surface area contributed by atoms with E-state index in [2.05, 4.69) is 12.1 Å². The maximum atomic E-state index is 13.4. The number of rotatable bonds is 2. The fourth-order valence-electron chi connectivity index (χ4n) is 4.60. The molecule has 2 atom stereocenters. The summed E-state index contributed by atoms with van der Waals surface area (Å²) >= 11 is 0. The second-order valence-electron chi connectivity index (χ2n) is 7.74. The largest absolute Gasteiger partial charge is 0.325 e. The van der Waals surface area contributed by atoms with Crippen molar-refractivity contribution in [3.05, 3.63) is 101 Å². The van der Waals surface area contributed by atoms with Crippen LogP contribution < -0.4 is 4.90 Å². The molecular formula is C25H22N2O2. The van der Waals surface area contributed by atoms with Gasteiger partial charge < -0.3 is 4.90 Å². The molecule has 2 aliphatic heterocycles. The lowest BCUT2D eigenvalue weighted by atomic mass is 9.95. The first kappa shape index (κ1) is 17.7. The molecule has 3 aromatic carbocycles. The summed E-state index contributed by atoms with van der Waals surface area (Å²) in [5.41, 5.74) is 5.29. The Morgan fingerprint density at radius 1 is 0.793 bits per heavy atom. The van der Waals surface area contributed by atoms with E-state index in [9.17, 15) is 9.59 Å². The summed E-state index contributed by atoms with van der Waals surface area (Å²) in [4.78, 5) is 30.0. The summed E-state index contributed by atoms with van der Waals surface area (Å²) in [6.45, 7) is 2.47. The van der Waals surface area contributed by atoms with Crippen molar-refractivity contribution in [1.82, 2.24) is 4.90 Å². The Morgan fingerprint density at radius 3 is 2.24 bits per heavy atom. The normalized spacial score (nSPS) is 19.1. The Kier molecular flexibility index (Phi) is 4.20. The average Bonchev–Trinajstić information content (AvgIpc) is 2.90. The topological polar surface area (TPSA) is 40.6 Å². The molecule has 0 unspecified atom stereocenters. The third kappa shape index (κ3) is 2.83. The first-order chi connectivity index (χ1) is 14.1. The fraction of sp³-hybridized carbons (Fsp3) is 0.200. The molecule has 0 aromatic heterocycles. The van der Waals surface area contributed by atoms with Crippen LogP contribution in [0.15, 0.2) is 78.9 Å². The minimum Gasteiger partial charge on any atom is -0.325 e. The summed E-state index contributed by atoms with van der Waals surface area (Å²) in [6.07, 6.45) is 0.759. The molecule has 0 saturated carbocycles. The van der Waals surface area contributed by atoms with Crippen LogP contribution in [0.25, 0.3) is 0 Å². The number of benzene rings is 3. The number of para-hydroxylation sites is 1. The van der Waals surface area contributed by atoms with Gasteiger partial charge in [-0.2, -0.15) is 0 Å². The van der Waals surface area contributed by atoms with Crippen molar-refractivity contribution in [1.29, 1.82) is 0 Å². The van der Waals surface area contributed by atoms with Crippen molar-refractivity contribution in [3.63, 3.8) is 0 Å². The number of hydrogen-bond donors (Lipinski definition) is 0. The lowest BCUT2D eigenvalue weighted by Gasteiger charge is -2.43. The van der Waals surface area contributed by atoms with Crippen molar-refractivity contribution in [2.75, 3.05) is 11.4 Å². The van der Waals surface area contributed by atoms with E-state index in [0.29, 0.717) is 6.54 Å². The number of nitrogens with zero attached hydrogens (tertiary/aromatic N) is 2. The highest BCUT2D eigenvalue weighted by Crippen LogP contribution is 2.41. The van der Waals surface area contributed by atoms with Crippen molar-refractivity contribution >= 4 is 17.5 Å². The van der Waals surface area contributed by atoms with Crippen molar-refractivity contribution in [3.8, 4) is 0 Å². The van der Waals surface area contributed by atoms with E-state index in [1.54, 1.807) is 9.80 Å². The van der Waals surface area contributed by atoms with E-state index >= 15 is 0 Å². The Morgan fingerprint density at radius 2 is 1.45 bits per heavy atom. The SMILES string of the molecule is C[C@@H](c1ccccc1)N1C[C@@H]2c3ccccc3Cc3ccccc3N2C(=O)C1=O. The Balaban J connectivity index is 1.63. The molecule has 1 fully saturated rings. The van der Waals surface area contributed by atoms with E-state index in [1.807, 2.05) is 73.7 Å². The van der Waals surface area contributed by atoms with Gasteiger partial charge in [0.25, 0.3) is 0 Å². The molecule has 4 heteroatoms. The summed E-state index contributed by atoms with van der Waals surface area (Å²) in [6, 6.07) is 25.7. The van der Waals surface area contributed by atoms with E-state index in [4.69, 9.17) is 0 Å². The predicted molar refractivity (Wildman–Crippen MR) is 112 cm³/mol. The molecule has 0 radical (unpaired) electrons. The number of piperazine rings is 1. The van der Waals surface area contributed by atoms with Gasteiger partial charge in [-0.25, -0.2) is 0 Å². The molecule has 1 saturated heterocycles. The first-order valence-corrected chi connectivity index (χ1v) is 10.00. The van der Waals surface area contributed by atoms with Gasteiger partial charge >= 0.3 is 11.8 Å². The van der Waals surface area contributed by atoms with Crippen LogP contribution in [0.2, 0.25) is 0 Å². The van der Waals surface area contributed by atoms with Crippen LogP contribution in [0.3, 0.4) is 0 Å². The smallest absolute Gasteiger partial charge is 0.317 e. The molecular weight excluding hydrogens is 360 g/mol. The summed E-state index contributed by atoms with van der Waals surface area (Å²) in [5, 5.41) is 0. The quantitative estimate of drug-likeness (QED) is 0.621. The molecule has 0 N–H and O–H groups in total. The second-order valence-corrected chi connectivity index (χ2v) is 7.74. The zero-order chi connectivity index (χ0) is 20.0. The first-order valence-electron chi connectivity index (χ1n) is 10.00. The van der Waals surface area contributed by atoms with Gasteiger partial charge in [-0.05, 0) is 41.7 Å². The monoisotopic (exact) mass is 382 g/mol. The van der Waals surface area contributed by atoms with Crippen molar-refractivity contribution in [2.45, 2.75) is 25.4 Å². The lowest BCUT2D eigenvalue weighted by molar-refractivity contribution is -0.149. The Labute approximate surface area is 170 Å². The highest BCUT2D eigenvalue weighted by Gasteiger charge is 2.44. The predicted octanol–water partition coefficient (Wildman–Crippen LogP) is 4.27. The van der Waals surface area contributed by atoms with Gasteiger partial charge in [-0.3, -0.25) is 14.5 Å². The number of anilines is 1. The van der Waals surface area contributed by atoms with E-state index in [0.717, 1.165) is 28.8 Å². The van der Waals surface area contributed by atoms with Gasteiger partial charge in [0.2, 0.25) is 0 Å². The van der Waals surface area contributed by atoms with E-state index in [-0.39, 0.29) is 12.1 Å². The molecule has 0 aliphatic carbocycles. The van der Waals surface area contributed by atoms with Crippen molar-refractivity contribution < 1.29 is 9.59 Å². The van der Waals surface area contributed by atoms with Gasteiger partial charge in [0.05, 0.1) is 12.1 Å². The van der Waals surface area contributed by atoms with Gasteiger partial charge in [0.1, 0.15) is 0 Å². The van der Waals surface area contributed by atoms with Crippen LogP contribution in [0.4, 0.5) is 5.69 Å². The maximum Gasteiger partial charge on any atom is 0.317 e. The molecule has 4 nitrogen and oxygen atoms in total. The molecule has 3 aromatic rings. The van der Waals surface area contributed by atoms with Crippen molar-refractivity contribution in [2.24, 2.45) is 0 Å². The molecule has 2 heterocycles. The number of carbonyl (C=O) groups is 2. The van der Waals surface area contributed by atoms with E-state index in [1.165, 1.54) is 5.56 Å². The number of carbonyl (C=O) groups excluding carboxylic acids is 2. The zero-order valence-corrected chi connectivity index (χ0v) is 16.3. The molecule has 0 spiro atoms.